The molecule has 1 N–H and O–H groups in total. The Morgan fingerprint density at radius 3 is 3.00 bits per heavy atom. The topological polar surface area (TPSA) is 60.2 Å². The fourth-order valence-corrected chi connectivity index (χ4v) is 2.81. The van der Waals surface area contributed by atoms with Gasteiger partial charge in [-0.05, 0) is 39.0 Å². The second-order valence-corrected chi connectivity index (χ2v) is 5.33. The first-order valence-corrected chi connectivity index (χ1v) is 6.42. The Kier molecular flexibility index (Phi) is 2.67. The van der Waals surface area contributed by atoms with Crippen LogP contribution in [0.2, 0.25) is 0 Å². The van der Waals surface area contributed by atoms with Crippen LogP contribution >= 0.6 is 0 Å². The van der Waals surface area contributed by atoms with Crippen molar-refractivity contribution in [2.75, 3.05) is 6.61 Å². The second-order valence-electron chi connectivity index (χ2n) is 5.33. The lowest BCUT2D eigenvalue weighted by Crippen LogP contribution is -2.46. The van der Waals surface area contributed by atoms with Crippen molar-refractivity contribution >= 4 is 0 Å². The van der Waals surface area contributed by atoms with Crippen molar-refractivity contribution in [3.05, 3.63) is 11.9 Å². The Bertz CT molecular complexity index is 398. The van der Waals surface area contributed by atoms with Gasteiger partial charge in [0.1, 0.15) is 5.69 Å². The Morgan fingerprint density at radius 1 is 1.59 bits per heavy atom. The van der Waals surface area contributed by atoms with Crippen molar-refractivity contribution in [2.45, 2.75) is 56.8 Å². The molecule has 2 heterocycles. The molecule has 0 aromatic carbocycles. The van der Waals surface area contributed by atoms with E-state index in [1.165, 1.54) is 19.3 Å². The molecule has 1 aromatic rings. The maximum Gasteiger partial charge on any atom is 0.111 e. The normalized spacial score (nSPS) is 28.9. The molecule has 1 aromatic heterocycles. The minimum Gasteiger partial charge on any atom is -0.387 e. The van der Waals surface area contributed by atoms with Crippen molar-refractivity contribution in [3.63, 3.8) is 0 Å². The van der Waals surface area contributed by atoms with Crippen LogP contribution in [-0.4, -0.2) is 32.3 Å². The fourth-order valence-electron chi connectivity index (χ4n) is 2.81. The van der Waals surface area contributed by atoms with E-state index in [1.54, 1.807) is 6.92 Å². The van der Waals surface area contributed by atoms with Gasteiger partial charge in [0.2, 0.25) is 0 Å². The van der Waals surface area contributed by atoms with Gasteiger partial charge in [-0.25, -0.2) is 4.68 Å². The molecule has 0 radical (unpaired) electrons. The van der Waals surface area contributed by atoms with Crippen LogP contribution < -0.4 is 0 Å². The highest BCUT2D eigenvalue weighted by Gasteiger charge is 2.43. The molecule has 1 aliphatic carbocycles. The summed E-state index contributed by atoms with van der Waals surface area (Å²) in [6, 6.07) is 0.379. The maximum absolute atomic E-state index is 9.45. The molecular formula is C12H19N3O2. The third-order valence-electron chi connectivity index (χ3n) is 4.06. The number of rotatable bonds is 2. The van der Waals surface area contributed by atoms with E-state index in [0.717, 1.165) is 19.4 Å². The lowest BCUT2D eigenvalue weighted by Gasteiger charge is -2.47. The summed E-state index contributed by atoms with van der Waals surface area (Å²) in [5.74, 6) is 0. The van der Waals surface area contributed by atoms with Crippen molar-refractivity contribution in [3.8, 4) is 0 Å². The van der Waals surface area contributed by atoms with Crippen LogP contribution in [0, 0.1) is 0 Å². The van der Waals surface area contributed by atoms with Crippen LogP contribution in [-0.2, 0) is 4.74 Å². The molecule has 94 valence electrons. The molecule has 1 spiro atoms. The van der Waals surface area contributed by atoms with E-state index < -0.39 is 6.10 Å². The van der Waals surface area contributed by atoms with Gasteiger partial charge in [-0.3, -0.25) is 0 Å². The van der Waals surface area contributed by atoms with Gasteiger partial charge in [0, 0.05) is 6.61 Å². The number of nitrogens with zero attached hydrogens (tertiary/aromatic N) is 3. The lowest BCUT2D eigenvalue weighted by molar-refractivity contribution is -0.141. The van der Waals surface area contributed by atoms with E-state index >= 15 is 0 Å². The largest absolute Gasteiger partial charge is 0.387 e. The zero-order valence-corrected chi connectivity index (χ0v) is 10.2. The summed E-state index contributed by atoms with van der Waals surface area (Å²) in [6.07, 6.45) is 7.00. The van der Waals surface area contributed by atoms with Gasteiger partial charge in [0.15, 0.2) is 0 Å². The first-order valence-electron chi connectivity index (χ1n) is 6.42. The van der Waals surface area contributed by atoms with Crippen molar-refractivity contribution in [2.24, 2.45) is 0 Å². The molecule has 5 nitrogen and oxygen atoms in total. The summed E-state index contributed by atoms with van der Waals surface area (Å²) in [7, 11) is 0. The fraction of sp³-hybridized carbons (Fsp3) is 0.833. The molecule has 1 aliphatic heterocycles. The number of hydrogen-bond acceptors (Lipinski definition) is 4. The summed E-state index contributed by atoms with van der Waals surface area (Å²) in [4.78, 5) is 0. The molecule has 1 saturated heterocycles. The SMILES string of the molecule is CC(O)c1cn(C2CCOC3(CCC3)C2)nn1. The Labute approximate surface area is 101 Å². The Balaban J connectivity index is 1.74. The third kappa shape index (κ3) is 1.98. The Morgan fingerprint density at radius 2 is 2.41 bits per heavy atom. The molecule has 3 rings (SSSR count). The first kappa shape index (κ1) is 11.2. The predicted molar refractivity (Wildman–Crippen MR) is 61.5 cm³/mol. The zero-order valence-electron chi connectivity index (χ0n) is 10.2. The van der Waals surface area contributed by atoms with Gasteiger partial charge < -0.3 is 9.84 Å². The van der Waals surface area contributed by atoms with E-state index in [2.05, 4.69) is 10.3 Å². The summed E-state index contributed by atoms with van der Waals surface area (Å²) in [5.41, 5.74) is 0.777. The van der Waals surface area contributed by atoms with Gasteiger partial charge in [-0.15, -0.1) is 5.10 Å². The summed E-state index contributed by atoms with van der Waals surface area (Å²) in [6.45, 7) is 2.53. The molecular weight excluding hydrogens is 218 g/mol. The van der Waals surface area contributed by atoms with E-state index in [4.69, 9.17) is 4.74 Å². The smallest absolute Gasteiger partial charge is 0.111 e. The quantitative estimate of drug-likeness (QED) is 0.848. The van der Waals surface area contributed by atoms with E-state index in [9.17, 15) is 5.11 Å². The number of hydrogen-bond donors (Lipinski definition) is 1. The highest BCUT2D eigenvalue weighted by molar-refractivity contribution is 5.00. The number of aliphatic hydroxyl groups excluding tert-OH is 1. The van der Waals surface area contributed by atoms with Gasteiger partial charge in [-0.2, -0.15) is 0 Å². The summed E-state index contributed by atoms with van der Waals surface area (Å²) >= 11 is 0. The number of aromatic nitrogens is 3. The zero-order chi connectivity index (χ0) is 11.9. The van der Waals surface area contributed by atoms with Crippen LogP contribution in [0.4, 0.5) is 0 Å². The molecule has 1 saturated carbocycles. The molecule has 2 fully saturated rings. The molecule has 0 amide bonds. The summed E-state index contributed by atoms with van der Waals surface area (Å²) < 4.78 is 7.80. The predicted octanol–water partition coefficient (Wildman–Crippen LogP) is 1.61. The molecule has 17 heavy (non-hydrogen) atoms. The lowest BCUT2D eigenvalue weighted by atomic mass is 9.74. The van der Waals surface area contributed by atoms with Crippen LogP contribution in [0.15, 0.2) is 6.20 Å². The van der Waals surface area contributed by atoms with Gasteiger partial charge in [0.25, 0.3) is 0 Å². The third-order valence-corrected chi connectivity index (χ3v) is 4.06. The molecule has 5 heteroatoms. The standard InChI is InChI=1S/C12H19N3O2/c1-9(16)11-8-15(14-13-11)10-3-6-17-12(7-10)4-2-5-12/h8-10,16H,2-7H2,1H3. The average Bonchev–Trinajstić information content (AvgIpc) is 2.76. The first-order chi connectivity index (χ1) is 8.19. The van der Waals surface area contributed by atoms with E-state index in [-0.39, 0.29) is 5.60 Å². The van der Waals surface area contributed by atoms with Crippen LogP contribution in [0.25, 0.3) is 0 Å². The van der Waals surface area contributed by atoms with Gasteiger partial charge >= 0.3 is 0 Å². The van der Waals surface area contributed by atoms with Gasteiger partial charge in [-0.1, -0.05) is 5.21 Å². The number of aliphatic hydroxyl groups is 1. The average molecular weight is 237 g/mol. The minimum atomic E-state index is -0.541. The highest BCUT2D eigenvalue weighted by atomic mass is 16.5. The molecule has 2 atom stereocenters. The van der Waals surface area contributed by atoms with E-state index in [1.807, 2.05) is 10.9 Å². The van der Waals surface area contributed by atoms with Crippen molar-refractivity contribution < 1.29 is 9.84 Å². The maximum atomic E-state index is 9.45. The molecule has 2 unspecified atom stereocenters. The van der Waals surface area contributed by atoms with Crippen LogP contribution in [0.1, 0.15) is 56.9 Å². The Hall–Kier alpha value is -0.940. The van der Waals surface area contributed by atoms with Crippen molar-refractivity contribution in [1.82, 2.24) is 15.0 Å². The second kappa shape index (κ2) is 4.07. The van der Waals surface area contributed by atoms with Crippen LogP contribution in [0.3, 0.4) is 0 Å². The van der Waals surface area contributed by atoms with Gasteiger partial charge in [0.05, 0.1) is 23.9 Å². The molecule has 2 aliphatic rings. The monoisotopic (exact) mass is 237 g/mol. The molecule has 0 bridgehead atoms. The highest BCUT2D eigenvalue weighted by Crippen LogP contribution is 2.45. The minimum absolute atomic E-state index is 0.125. The number of ether oxygens (including phenoxy) is 1. The van der Waals surface area contributed by atoms with E-state index in [0.29, 0.717) is 11.7 Å². The van der Waals surface area contributed by atoms with Crippen molar-refractivity contribution in [1.29, 1.82) is 0 Å². The van der Waals surface area contributed by atoms with Crippen LogP contribution in [0.5, 0.6) is 0 Å². The summed E-state index contributed by atoms with van der Waals surface area (Å²) in [5, 5.41) is 17.6.